The van der Waals surface area contributed by atoms with E-state index in [0.29, 0.717) is 27.1 Å². The number of anilines is 1. The van der Waals surface area contributed by atoms with Crippen molar-refractivity contribution in [2.45, 2.75) is 25.7 Å². The van der Waals surface area contributed by atoms with Crippen LogP contribution < -0.4 is 10.7 Å². The number of aryl methyl sites for hydroxylation is 1. The highest BCUT2D eigenvalue weighted by Crippen LogP contribution is 2.37. The van der Waals surface area contributed by atoms with E-state index >= 15 is 0 Å². The van der Waals surface area contributed by atoms with Gasteiger partial charge in [0.2, 0.25) is 5.91 Å². The number of rotatable bonds is 3. The van der Waals surface area contributed by atoms with Crippen molar-refractivity contribution < 1.29 is 9.21 Å². The molecular formula is C21H16N2O3S. The third kappa shape index (κ3) is 3.29. The zero-order valence-electron chi connectivity index (χ0n) is 14.5. The summed E-state index contributed by atoms with van der Waals surface area (Å²) < 4.78 is 5.44. The Morgan fingerprint density at radius 1 is 1.26 bits per heavy atom. The molecule has 1 amide bonds. The Balaban J connectivity index is 1.57. The largest absolute Gasteiger partial charge is 0.463 e. The molecule has 3 aromatic rings. The van der Waals surface area contributed by atoms with Crippen molar-refractivity contribution in [2.75, 3.05) is 5.32 Å². The number of para-hydroxylation sites is 1. The van der Waals surface area contributed by atoms with Crippen LogP contribution >= 0.6 is 11.3 Å². The SMILES string of the molecule is N#Cc1c(NC(=O)/C=C/c2coc3ccccc3c2=O)sc2c1CCCC2. The molecule has 2 aromatic heterocycles. The molecule has 0 saturated heterocycles. The van der Waals surface area contributed by atoms with Gasteiger partial charge in [-0.15, -0.1) is 11.3 Å². The molecular weight excluding hydrogens is 360 g/mol. The zero-order valence-corrected chi connectivity index (χ0v) is 15.3. The number of thiophene rings is 1. The smallest absolute Gasteiger partial charge is 0.249 e. The van der Waals surface area contributed by atoms with Gasteiger partial charge in [0.25, 0.3) is 0 Å². The Bertz CT molecular complexity index is 1160. The molecule has 0 fully saturated rings. The molecule has 2 heterocycles. The van der Waals surface area contributed by atoms with Crippen LogP contribution in [-0.4, -0.2) is 5.91 Å². The number of carbonyl (C=O) groups excluding carboxylic acids is 1. The van der Waals surface area contributed by atoms with E-state index in [1.54, 1.807) is 24.3 Å². The van der Waals surface area contributed by atoms with Gasteiger partial charge in [0.15, 0.2) is 5.43 Å². The average Bonchev–Trinajstić information content (AvgIpc) is 3.04. The summed E-state index contributed by atoms with van der Waals surface area (Å²) >= 11 is 1.47. The summed E-state index contributed by atoms with van der Waals surface area (Å²) in [6.45, 7) is 0. The first kappa shape index (κ1) is 17.3. The first-order valence-corrected chi connectivity index (χ1v) is 9.53. The minimum absolute atomic E-state index is 0.190. The van der Waals surface area contributed by atoms with Crippen molar-refractivity contribution in [1.29, 1.82) is 5.26 Å². The summed E-state index contributed by atoms with van der Waals surface area (Å²) in [5.41, 5.74) is 2.26. The number of amides is 1. The van der Waals surface area contributed by atoms with E-state index in [1.807, 2.05) is 0 Å². The number of hydrogen-bond acceptors (Lipinski definition) is 5. The van der Waals surface area contributed by atoms with Gasteiger partial charge in [-0.2, -0.15) is 5.26 Å². The fourth-order valence-corrected chi connectivity index (χ4v) is 4.54. The van der Waals surface area contributed by atoms with Gasteiger partial charge in [-0.3, -0.25) is 9.59 Å². The lowest BCUT2D eigenvalue weighted by Gasteiger charge is -2.09. The predicted octanol–water partition coefficient (Wildman–Crippen LogP) is 4.26. The van der Waals surface area contributed by atoms with Gasteiger partial charge >= 0.3 is 0 Å². The maximum absolute atomic E-state index is 12.4. The Kier molecular flexibility index (Phi) is 4.61. The van der Waals surface area contributed by atoms with Crippen molar-refractivity contribution in [2.24, 2.45) is 0 Å². The van der Waals surface area contributed by atoms with E-state index < -0.39 is 0 Å². The molecule has 5 nitrogen and oxygen atoms in total. The highest BCUT2D eigenvalue weighted by atomic mass is 32.1. The third-order valence-corrected chi connectivity index (χ3v) is 5.85. The standard InChI is InChI=1S/C21H16N2O3S/c22-11-16-14-5-2-4-8-18(14)27-21(16)23-19(24)10-9-13-12-26-17-7-3-1-6-15(17)20(13)25/h1,3,6-7,9-10,12H,2,4-5,8H2,(H,23,24)/b10-9+. The van der Waals surface area contributed by atoms with Crippen molar-refractivity contribution in [3.05, 3.63) is 68.4 Å². The number of hydrogen-bond donors (Lipinski definition) is 1. The van der Waals surface area contributed by atoms with Crippen LogP contribution in [0.2, 0.25) is 0 Å². The monoisotopic (exact) mass is 376 g/mol. The van der Waals surface area contributed by atoms with E-state index in [4.69, 9.17) is 4.42 Å². The van der Waals surface area contributed by atoms with Crippen LogP contribution in [0.1, 0.15) is 34.4 Å². The van der Waals surface area contributed by atoms with E-state index in [-0.39, 0.29) is 11.3 Å². The maximum Gasteiger partial charge on any atom is 0.249 e. The van der Waals surface area contributed by atoms with Crippen LogP contribution in [0.15, 0.2) is 45.8 Å². The second kappa shape index (κ2) is 7.22. The lowest BCUT2D eigenvalue weighted by atomic mass is 9.96. The number of fused-ring (bicyclic) bond motifs is 2. The Morgan fingerprint density at radius 3 is 2.93 bits per heavy atom. The van der Waals surface area contributed by atoms with Gasteiger partial charge in [0.1, 0.15) is 22.9 Å². The minimum atomic E-state index is -0.377. The van der Waals surface area contributed by atoms with Crippen LogP contribution in [-0.2, 0) is 17.6 Å². The Morgan fingerprint density at radius 2 is 2.07 bits per heavy atom. The second-order valence-corrected chi connectivity index (χ2v) is 7.47. The zero-order chi connectivity index (χ0) is 18.8. The molecule has 0 saturated carbocycles. The molecule has 0 atom stereocenters. The molecule has 27 heavy (non-hydrogen) atoms. The van der Waals surface area contributed by atoms with E-state index in [2.05, 4.69) is 11.4 Å². The van der Waals surface area contributed by atoms with Crippen LogP contribution in [0.25, 0.3) is 17.0 Å². The third-order valence-electron chi connectivity index (χ3n) is 4.64. The molecule has 0 aliphatic heterocycles. The van der Waals surface area contributed by atoms with Gasteiger partial charge < -0.3 is 9.73 Å². The molecule has 4 rings (SSSR count). The van der Waals surface area contributed by atoms with Gasteiger partial charge in [-0.05, 0) is 49.5 Å². The first-order chi connectivity index (χ1) is 13.2. The molecule has 0 radical (unpaired) electrons. The lowest BCUT2D eigenvalue weighted by Crippen LogP contribution is -2.09. The van der Waals surface area contributed by atoms with E-state index in [1.165, 1.54) is 34.6 Å². The second-order valence-electron chi connectivity index (χ2n) is 6.37. The summed E-state index contributed by atoms with van der Waals surface area (Å²) in [5, 5.41) is 13.3. The van der Waals surface area contributed by atoms with E-state index in [0.717, 1.165) is 31.2 Å². The quantitative estimate of drug-likeness (QED) is 0.693. The highest BCUT2D eigenvalue weighted by Gasteiger charge is 2.21. The fraction of sp³-hybridized carbons (Fsp3) is 0.190. The minimum Gasteiger partial charge on any atom is -0.463 e. The number of nitrogens with zero attached hydrogens (tertiary/aromatic N) is 1. The molecule has 0 bridgehead atoms. The Hall–Kier alpha value is -3.17. The van der Waals surface area contributed by atoms with Gasteiger partial charge in [-0.1, -0.05) is 12.1 Å². The molecule has 1 aliphatic rings. The summed E-state index contributed by atoms with van der Waals surface area (Å²) in [4.78, 5) is 25.9. The van der Waals surface area contributed by atoms with Crippen molar-refractivity contribution in [1.82, 2.24) is 0 Å². The fourth-order valence-electron chi connectivity index (χ4n) is 3.30. The van der Waals surface area contributed by atoms with E-state index in [9.17, 15) is 14.9 Å². The summed E-state index contributed by atoms with van der Waals surface area (Å²) in [7, 11) is 0. The normalized spacial score (nSPS) is 13.4. The van der Waals surface area contributed by atoms with Crippen LogP contribution in [0.4, 0.5) is 5.00 Å². The molecule has 1 aliphatic carbocycles. The van der Waals surface area contributed by atoms with Crippen molar-refractivity contribution >= 4 is 39.3 Å². The molecule has 1 aromatic carbocycles. The molecule has 0 spiro atoms. The van der Waals surface area contributed by atoms with Crippen LogP contribution in [0.3, 0.4) is 0 Å². The molecule has 134 valence electrons. The number of benzene rings is 1. The molecule has 1 N–H and O–H groups in total. The topological polar surface area (TPSA) is 83.1 Å². The van der Waals surface area contributed by atoms with Gasteiger partial charge in [0.05, 0.1) is 16.5 Å². The van der Waals surface area contributed by atoms with Crippen LogP contribution in [0.5, 0.6) is 0 Å². The highest BCUT2D eigenvalue weighted by molar-refractivity contribution is 7.16. The lowest BCUT2D eigenvalue weighted by molar-refractivity contribution is -0.111. The van der Waals surface area contributed by atoms with Gasteiger partial charge in [0, 0.05) is 11.0 Å². The molecule has 6 heteroatoms. The first-order valence-electron chi connectivity index (χ1n) is 8.71. The van der Waals surface area contributed by atoms with Crippen LogP contribution in [0, 0.1) is 11.3 Å². The van der Waals surface area contributed by atoms with Crippen molar-refractivity contribution in [3.8, 4) is 6.07 Å². The number of nitriles is 1. The predicted molar refractivity (Wildman–Crippen MR) is 106 cm³/mol. The average molecular weight is 376 g/mol. The maximum atomic E-state index is 12.4. The summed E-state index contributed by atoms with van der Waals surface area (Å²) in [5.74, 6) is -0.377. The Labute approximate surface area is 159 Å². The van der Waals surface area contributed by atoms with Crippen molar-refractivity contribution in [3.63, 3.8) is 0 Å². The summed E-state index contributed by atoms with van der Waals surface area (Å²) in [6, 6.07) is 9.19. The molecule has 0 unspecified atom stereocenters. The number of nitrogens with one attached hydrogen (secondary N) is 1. The summed E-state index contributed by atoms with van der Waals surface area (Å²) in [6.07, 6.45) is 8.11. The number of carbonyl (C=O) groups is 1. The van der Waals surface area contributed by atoms with Gasteiger partial charge in [-0.25, -0.2) is 0 Å².